The second-order valence-corrected chi connectivity index (χ2v) is 6.98. The van der Waals surface area contributed by atoms with E-state index in [4.69, 9.17) is 20.2 Å². The maximum Gasteiger partial charge on any atom is 0.264 e. The van der Waals surface area contributed by atoms with Gasteiger partial charge < -0.3 is 9.47 Å². The Morgan fingerprint density at radius 1 is 1.20 bits per heavy atom. The zero-order chi connectivity index (χ0) is 15.3. The fraction of sp³-hybridized carbons (Fsp3) is 0.500. The van der Waals surface area contributed by atoms with Gasteiger partial charge in [-0.05, 0) is 18.1 Å². The minimum atomic E-state index is -4.33. The lowest BCUT2D eigenvalue weighted by Gasteiger charge is -2.10. The zero-order valence-electron chi connectivity index (χ0n) is 11.0. The van der Waals surface area contributed by atoms with Crippen LogP contribution in [0.1, 0.15) is 13.8 Å². The highest BCUT2D eigenvalue weighted by atomic mass is 35.7. The third-order valence-corrected chi connectivity index (χ3v) is 3.55. The summed E-state index contributed by atoms with van der Waals surface area (Å²) < 4.78 is 59.2. The van der Waals surface area contributed by atoms with Crippen molar-refractivity contribution in [2.45, 2.75) is 18.7 Å². The second-order valence-electron chi connectivity index (χ2n) is 4.44. The molecular weight excluding hydrogens is 314 g/mol. The van der Waals surface area contributed by atoms with Crippen molar-refractivity contribution in [2.24, 2.45) is 5.92 Å². The quantitative estimate of drug-likeness (QED) is 0.570. The molecule has 114 valence electrons. The van der Waals surface area contributed by atoms with Crippen molar-refractivity contribution in [1.82, 2.24) is 0 Å². The highest BCUT2D eigenvalue weighted by Crippen LogP contribution is 2.27. The molecule has 0 saturated heterocycles. The van der Waals surface area contributed by atoms with Gasteiger partial charge >= 0.3 is 0 Å². The van der Waals surface area contributed by atoms with Crippen molar-refractivity contribution in [2.75, 3.05) is 19.8 Å². The largest absolute Gasteiger partial charge is 0.488 e. The molecule has 0 aliphatic rings. The van der Waals surface area contributed by atoms with E-state index in [1.165, 1.54) is 0 Å². The molecule has 0 heterocycles. The normalized spacial score (nSPS) is 11.9. The van der Waals surface area contributed by atoms with E-state index in [2.05, 4.69) is 0 Å². The van der Waals surface area contributed by atoms with E-state index >= 15 is 0 Å². The molecule has 0 bridgehead atoms. The maximum absolute atomic E-state index is 13.6. The Kier molecular flexibility index (Phi) is 6.16. The number of halogens is 3. The second kappa shape index (κ2) is 7.19. The Morgan fingerprint density at radius 3 is 2.40 bits per heavy atom. The summed E-state index contributed by atoms with van der Waals surface area (Å²) in [5.41, 5.74) is 0. The standard InChI is InChI=1S/C12H15ClF2O4S/c1-8(2)7-18-5-6-19-9-3-4-10(20(13,16)17)12(15)11(9)14/h3-4,8H,5-7H2,1-2H3. The molecule has 0 atom stereocenters. The van der Waals surface area contributed by atoms with Crippen LogP contribution in [0.25, 0.3) is 0 Å². The molecule has 4 nitrogen and oxygen atoms in total. The fourth-order valence-electron chi connectivity index (χ4n) is 1.34. The number of hydrogen-bond acceptors (Lipinski definition) is 4. The van der Waals surface area contributed by atoms with Gasteiger partial charge in [-0.2, -0.15) is 4.39 Å². The molecule has 0 aliphatic carbocycles. The third-order valence-electron chi connectivity index (χ3n) is 2.21. The molecule has 0 radical (unpaired) electrons. The van der Waals surface area contributed by atoms with E-state index < -0.39 is 25.6 Å². The summed E-state index contributed by atoms with van der Waals surface area (Å²) in [7, 11) is 0.634. The van der Waals surface area contributed by atoms with Crippen molar-refractivity contribution in [3.8, 4) is 5.75 Å². The average molecular weight is 329 g/mol. The number of hydrogen-bond donors (Lipinski definition) is 0. The van der Waals surface area contributed by atoms with Gasteiger partial charge in [0.05, 0.1) is 6.61 Å². The van der Waals surface area contributed by atoms with Gasteiger partial charge in [0.25, 0.3) is 9.05 Å². The molecule has 0 N–H and O–H groups in total. The molecule has 0 aromatic heterocycles. The monoisotopic (exact) mass is 328 g/mol. The van der Waals surface area contributed by atoms with Crippen LogP contribution in [0.2, 0.25) is 0 Å². The van der Waals surface area contributed by atoms with Crippen molar-refractivity contribution in [3.63, 3.8) is 0 Å². The maximum atomic E-state index is 13.6. The van der Waals surface area contributed by atoms with Crippen molar-refractivity contribution in [3.05, 3.63) is 23.8 Å². The van der Waals surface area contributed by atoms with Gasteiger partial charge in [-0.1, -0.05) is 13.8 Å². The smallest absolute Gasteiger partial charge is 0.264 e. The summed E-state index contributed by atoms with van der Waals surface area (Å²) in [6, 6.07) is 1.86. The van der Waals surface area contributed by atoms with E-state index in [1.54, 1.807) is 0 Å². The number of ether oxygens (including phenoxy) is 2. The summed E-state index contributed by atoms with van der Waals surface area (Å²) in [6.07, 6.45) is 0. The van der Waals surface area contributed by atoms with E-state index in [0.29, 0.717) is 12.5 Å². The predicted octanol–water partition coefficient (Wildman–Crippen LogP) is 2.94. The van der Waals surface area contributed by atoms with E-state index in [-0.39, 0.29) is 19.0 Å². The highest BCUT2D eigenvalue weighted by molar-refractivity contribution is 8.13. The predicted molar refractivity (Wildman–Crippen MR) is 70.5 cm³/mol. The summed E-state index contributed by atoms with van der Waals surface area (Å²) in [5, 5.41) is 0. The Balaban J connectivity index is 2.67. The summed E-state index contributed by atoms with van der Waals surface area (Å²) >= 11 is 0. The van der Waals surface area contributed by atoms with Gasteiger partial charge in [-0.15, -0.1) is 0 Å². The molecule has 0 spiro atoms. The van der Waals surface area contributed by atoms with Gasteiger partial charge in [-0.25, -0.2) is 12.8 Å². The lowest BCUT2D eigenvalue weighted by molar-refractivity contribution is 0.0805. The zero-order valence-corrected chi connectivity index (χ0v) is 12.6. The Bertz CT molecular complexity index is 561. The first-order chi connectivity index (χ1) is 9.23. The molecule has 1 aromatic rings. The molecule has 8 heteroatoms. The first-order valence-electron chi connectivity index (χ1n) is 5.86. The van der Waals surface area contributed by atoms with Gasteiger partial charge in [0, 0.05) is 17.3 Å². The molecule has 0 aliphatic heterocycles. The molecule has 1 aromatic carbocycles. The van der Waals surface area contributed by atoms with Crippen molar-refractivity contribution < 1.29 is 26.7 Å². The van der Waals surface area contributed by atoms with Gasteiger partial charge in [0.15, 0.2) is 11.6 Å². The van der Waals surface area contributed by atoms with Crippen molar-refractivity contribution >= 4 is 19.7 Å². The minimum Gasteiger partial charge on any atom is -0.488 e. The molecular formula is C12H15ClF2O4S. The molecule has 1 rings (SSSR count). The highest BCUT2D eigenvalue weighted by Gasteiger charge is 2.22. The van der Waals surface area contributed by atoms with Gasteiger partial charge in [0.2, 0.25) is 5.82 Å². The Morgan fingerprint density at radius 2 is 1.85 bits per heavy atom. The summed E-state index contributed by atoms with van der Waals surface area (Å²) in [6.45, 7) is 4.72. The Hall–Kier alpha value is -0.920. The van der Waals surface area contributed by atoms with E-state index in [0.717, 1.165) is 12.1 Å². The summed E-state index contributed by atoms with van der Waals surface area (Å²) in [4.78, 5) is -0.917. The first-order valence-corrected chi connectivity index (χ1v) is 8.17. The van der Waals surface area contributed by atoms with Crippen LogP contribution >= 0.6 is 10.7 Å². The first kappa shape index (κ1) is 17.1. The molecule has 0 amide bonds. The fourth-order valence-corrected chi connectivity index (χ4v) is 2.24. The third kappa shape index (κ3) is 4.88. The Labute approximate surface area is 121 Å². The lowest BCUT2D eigenvalue weighted by atomic mass is 10.2. The van der Waals surface area contributed by atoms with Crippen LogP contribution in [-0.4, -0.2) is 28.2 Å². The van der Waals surface area contributed by atoms with Gasteiger partial charge in [-0.3, -0.25) is 0 Å². The van der Waals surface area contributed by atoms with Crippen LogP contribution in [0.5, 0.6) is 5.75 Å². The molecule has 0 unspecified atom stereocenters. The summed E-state index contributed by atoms with van der Waals surface area (Å²) in [5.74, 6) is -2.98. The van der Waals surface area contributed by atoms with E-state index in [1.807, 2.05) is 13.8 Å². The average Bonchev–Trinajstić information content (AvgIpc) is 2.32. The van der Waals surface area contributed by atoms with Crippen LogP contribution in [0.3, 0.4) is 0 Å². The van der Waals surface area contributed by atoms with Crippen molar-refractivity contribution in [1.29, 1.82) is 0 Å². The van der Waals surface area contributed by atoms with Gasteiger partial charge in [0.1, 0.15) is 11.5 Å². The van der Waals surface area contributed by atoms with Crippen LogP contribution in [0.15, 0.2) is 17.0 Å². The number of benzene rings is 1. The van der Waals surface area contributed by atoms with E-state index in [9.17, 15) is 17.2 Å². The van der Waals surface area contributed by atoms with Crippen LogP contribution in [-0.2, 0) is 13.8 Å². The minimum absolute atomic E-state index is 0.0239. The van der Waals surface area contributed by atoms with Crippen LogP contribution in [0.4, 0.5) is 8.78 Å². The SMILES string of the molecule is CC(C)COCCOc1ccc(S(=O)(=O)Cl)c(F)c1F. The topological polar surface area (TPSA) is 52.6 Å². The van der Waals surface area contributed by atoms with Crippen LogP contribution in [0, 0.1) is 17.6 Å². The molecule has 0 fully saturated rings. The molecule has 20 heavy (non-hydrogen) atoms. The lowest BCUT2D eigenvalue weighted by Crippen LogP contribution is -2.11. The number of rotatable bonds is 7. The van der Waals surface area contributed by atoms with Crippen LogP contribution < -0.4 is 4.74 Å². The molecule has 0 saturated carbocycles.